The summed E-state index contributed by atoms with van der Waals surface area (Å²) in [5.41, 5.74) is 0.217. The number of alkyl halides is 3. The Kier molecular flexibility index (Phi) is 4.31. The molecule has 0 spiro atoms. The van der Waals surface area contributed by atoms with E-state index in [1.165, 1.54) is 12.1 Å². The molecular weight excluding hydrogens is 313 g/mol. The number of ether oxygens (including phenoxy) is 1. The van der Waals surface area contributed by atoms with Crippen LogP contribution >= 0.6 is 11.8 Å². The molecule has 1 aromatic carbocycles. The van der Waals surface area contributed by atoms with Crippen molar-refractivity contribution in [2.75, 3.05) is 5.75 Å². The lowest BCUT2D eigenvalue weighted by Crippen LogP contribution is -2.17. The molecule has 0 saturated heterocycles. The Hall–Kier alpha value is -2.30. The number of carbonyl (C=O) groups is 1. The number of halogens is 3. The zero-order chi connectivity index (χ0) is 15.5. The van der Waals surface area contributed by atoms with Crippen LogP contribution in [0.2, 0.25) is 0 Å². The number of aliphatic carboxylic acids is 1. The molecule has 1 heterocycles. The van der Waals surface area contributed by atoms with Gasteiger partial charge in [-0.1, -0.05) is 17.8 Å². The van der Waals surface area contributed by atoms with Crippen LogP contribution in [0.4, 0.5) is 13.2 Å². The summed E-state index contributed by atoms with van der Waals surface area (Å²) in [6.45, 7) is 0. The number of thioether (sulfide) groups is 1. The molecule has 0 aliphatic rings. The summed E-state index contributed by atoms with van der Waals surface area (Å²) in [6, 6.07) is 5.02. The van der Waals surface area contributed by atoms with Crippen LogP contribution in [0.5, 0.6) is 5.75 Å². The first-order chi connectivity index (χ1) is 9.85. The molecule has 0 fully saturated rings. The highest BCUT2D eigenvalue weighted by molar-refractivity contribution is 7.99. The van der Waals surface area contributed by atoms with Gasteiger partial charge in [-0.25, -0.2) is 0 Å². The van der Waals surface area contributed by atoms with Gasteiger partial charge in [0.15, 0.2) is 0 Å². The first-order valence-corrected chi connectivity index (χ1v) is 6.33. The third-order valence-electron chi connectivity index (χ3n) is 2.06. The van der Waals surface area contributed by atoms with Crippen LogP contribution in [0, 0.1) is 0 Å². The van der Waals surface area contributed by atoms with Crippen LogP contribution in [0.15, 0.2) is 29.4 Å². The molecule has 0 aliphatic heterocycles. The maximum absolute atomic E-state index is 12.2. The lowest BCUT2D eigenvalue weighted by Gasteiger charge is -2.10. The maximum atomic E-state index is 12.2. The summed E-state index contributed by atoms with van der Waals surface area (Å²) in [5.74, 6) is -1.77. The summed E-state index contributed by atoms with van der Waals surface area (Å²) >= 11 is 0.840. The van der Waals surface area contributed by atoms with E-state index in [2.05, 4.69) is 20.3 Å². The van der Waals surface area contributed by atoms with Crippen molar-refractivity contribution in [1.82, 2.24) is 20.2 Å². The van der Waals surface area contributed by atoms with Gasteiger partial charge in [0.25, 0.3) is 0 Å². The fraction of sp³-hybridized carbons (Fsp3) is 0.200. The quantitative estimate of drug-likeness (QED) is 0.839. The highest BCUT2D eigenvalue weighted by atomic mass is 32.2. The van der Waals surface area contributed by atoms with E-state index in [-0.39, 0.29) is 16.6 Å². The molecule has 11 heteroatoms. The molecule has 1 aromatic heterocycles. The van der Waals surface area contributed by atoms with Crippen molar-refractivity contribution in [1.29, 1.82) is 0 Å². The predicted molar refractivity (Wildman–Crippen MR) is 64.2 cm³/mol. The minimum absolute atomic E-state index is 0.140. The second-order valence-electron chi connectivity index (χ2n) is 3.60. The smallest absolute Gasteiger partial charge is 0.481 e. The van der Waals surface area contributed by atoms with E-state index < -0.39 is 18.1 Å². The van der Waals surface area contributed by atoms with Gasteiger partial charge >= 0.3 is 12.3 Å². The van der Waals surface area contributed by atoms with Gasteiger partial charge in [0.1, 0.15) is 5.75 Å². The number of carboxylic acids is 1. The Bertz CT molecular complexity index is 646. The molecule has 0 amide bonds. The minimum Gasteiger partial charge on any atom is -0.481 e. The van der Waals surface area contributed by atoms with Crippen LogP contribution in [0.3, 0.4) is 0 Å². The molecule has 1 N–H and O–H groups in total. The van der Waals surface area contributed by atoms with Crippen LogP contribution in [-0.2, 0) is 4.79 Å². The van der Waals surface area contributed by atoms with Crippen LogP contribution in [0.1, 0.15) is 0 Å². The fourth-order valence-corrected chi connectivity index (χ4v) is 1.98. The first-order valence-electron chi connectivity index (χ1n) is 5.34. The number of nitrogens with zero attached hydrogens (tertiary/aromatic N) is 4. The fourth-order valence-electron chi connectivity index (χ4n) is 1.37. The van der Waals surface area contributed by atoms with Gasteiger partial charge in [-0.2, -0.15) is 4.68 Å². The molecule has 0 radical (unpaired) electrons. The second-order valence-corrected chi connectivity index (χ2v) is 4.54. The number of hydrogen-bond donors (Lipinski definition) is 1. The molecule has 2 aromatic rings. The summed E-state index contributed by atoms with van der Waals surface area (Å²) in [4.78, 5) is 10.5. The van der Waals surface area contributed by atoms with E-state index in [9.17, 15) is 18.0 Å². The van der Waals surface area contributed by atoms with Crippen molar-refractivity contribution in [3.05, 3.63) is 24.3 Å². The zero-order valence-corrected chi connectivity index (χ0v) is 10.9. The third kappa shape index (κ3) is 4.34. The molecule has 0 atom stereocenters. The number of benzene rings is 1. The number of aromatic nitrogens is 4. The lowest BCUT2D eigenvalue weighted by molar-refractivity contribution is -0.274. The molecule has 0 bridgehead atoms. The van der Waals surface area contributed by atoms with Crippen molar-refractivity contribution in [3.63, 3.8) is 0 Å². The lowest BCUT2D eigenvalue weighted by atomic mass is 10.3. The normalized spacial score (nSPS) is 11.4. The molecule has 0 saturated carbocycles. The Morgan fingerprint density at radius 3 is 2.86 bits per heavy atom. The van der Waals surface area contributed by atoms with E-state index >= 15 is 0 Å². The summed E-state index contributed by atoms with van der Waals surface area (Å²) < 4.78 is 41.4. The van der Waals surface area contributed by atoms with E-state index in [0.29, 0.717) is 0 Å². The standard InChI is InChI=1S/C10H7F3N4O3S/c11-10(12,13)20-7-3-1-2-6(4-7)17-9(14-15-16-17)21-5-8(18)19/h1-4H,5H2,(H,18,19). The molecule has 0 aliphatic carbocycles. The van der Waals surface area contributed by atoms with E-state index in [4.69, 9.17) is 5.11 Å². The number of tetrazole rings is 1. The topological polar surface area (TPSA) is 90.1 Å². The average molecular weight is 320 g/mol. The SMILES string of the molecule is O=C(O)CSc1nnnn1-c1cccc(OC(F)(F)F)c1. The van der Waals surface area contributed by atoms with E-state index in [1.807, 2.05) is 0 Å². The number of rotatable bonds is 5. The molecule has 0 unspecified atom stereocenters. The van der Waals surface area contributed by atoms with Crippen molar-refractivity contribution < 1.29 is 27.8 Å². The van der Waals surface area contributed by atoms with Gasteiger partial charge in [0, 0.05) is 6.07 Å². The molecule has 21 heavy (non-hydrogen) atoms. The first kappa shape index (κ1) is 15.1. The number of carboxylic acid groups (broad SMARTS) is 1. The van der Waals surface area contributed by atoms with E-state index in [0.717, 1.165) is 28.6 Å². The van der Waals surface area contributed by atoms with Gasteiger partial charge in [-0.05, 0) is 22.6 Å². The Labute approximate surface area is 119 Å². The summed E-state index contributed by atoms with van der Waals surface area (Å²) in [6.07, 6.45) is -4.81. The van der Waals surface area contributed by atoms with E-state index in [1.54, 1.807) is 0 Å². The highest BCUT2D eigenvalue weighted by Crippen LogP contribution is 2.25. The average Bonchev–Trinajstić information content (AvgIpc) is 2.82. The predicted octanol–water partition coefficient (Wildman–Crippen LogP) is 1.74. The van der Waals surface area contributed by atoms with Crippen molar-refractivity contribution in [2.45, 2.75) is 11.5 Å². The zero-order valence-electron chi connectivity index (χ0n) is 10.1. The van der Waals surface area contributed by atoms with Crippen LogP contribution in [-0.4, -0.2) is 43.4 Å². The second kappa shape index (κ2) is 5.99. The summed E-state index contributed by atoms with van der Waals surface area (Å²) in [7, 11) is 0. The highest BCUT2D eigenvalue weighted by Gasteiger charge is 2.31. The Balaban J connectivity index is 2.24. The Morgan fingerprint density at radius 1 is 1.43 bits per heavy atom. The van der Waals surface area contributed by atoms with Crippen molar-refractivity contribution >= 4 is 17.7 Å². The maximum Gasteiger partial charge on any atom is 0.573 e. The minimum atomic E-state index is -4.81. The third-order valence-corrected chi connectivity index (χ3v) is 2.97. The van der Waals surface area contributed by atoms with Gasteiger partial charge < -0.3 is 9.84 Å². The molecular formula is C10H7F3N4O3S. The van der Waals surface area contributed by atoms with Crippen molar-refractivity contribution in [2.24, 2.45) is 0 Å². The molecule has 7 nitrogen and oxygen atoms in total. The van der Waals surface area contributed by atoms with Crippen molar-refractivity contribution in [3.8, 4) is 11.4 Å². The molecule has 112 valence electrons. The molecule has 2 rings (SSSR count). The monoisotopic (exact) mass is 320 g/mol. The largest absolute Gasteiger partial charge is 0.573 e. The van der Waals surface area contributed by atoms with Gasteiger partial charge in [-0.15, -0.1) is 18.3 Å². The van der Waals surface area contributed by atoms with Crippen LogP contribution in [0.25, 0.3) is 5.69 Å². The Morgan fingerprint density at radius 2 is 2.19 bits per heavy atom. The van der Waals surface area contributed by atoms with Gasteiger partial charge in [0.05, 0.1) is 11.4 Å². The van der Waals surface area contributed by atoms with Crippen LogP contribution < -0.4 is 4.74 Å². The van der Waals surface area contributed by atoms with Gasteiger partial charge in [-0.3, -0.25) is 4.79 Å². The number of hydrogen-bond acceptors (Lipinski definition) is 6. The summed E-state index contributed by atoms with van der Waals surface area (Å²) in [5, 5.41) is 19.3. The van der Waals surface area contributed by atoms with Gasteiger partial charge in [0.2, 0.25) is 5.16 Å².